The van der Waals surface area contributed by atoms with Crippen LogP contribution in [-0.2, 0) is 16.0 Å². The Morgan fingerprint density at radius 3 is 2.35 bits per heavy atom. The van der Waals surface area contributed by atoms with Gasteiger partial charge in [-0.3, -0.25) is 14.5 Å². The highest BCUT2D eigenvalue weighted by atomic mass is 16.2. The summed E-state index contributed by atoms with van der Waals surface area (Å²) in [4.78, 5) is 33.8. The Labute approximate surface area is 236 Å². The second-order valence-corrected chi connectivity index (χ2v) is 12.5. The Hall–Kier alpha value is -3.19. The monoisotopic (exact) mass is 539 g/mol. The first-order valence-corrected chi connectivity index (χ1v) is 15.4. The Kier molecular flexibility index (Phi) is 6.86. The number of rotatable bonds is 6. The van der Waals surface area contributed by atoms with Crippen LogP contribution < -0.4 is 5.32 Å². The zero-order chi connectivity index (χ0) is 27.2. The van der Waals surface area contributed by atoms with Crippen molar-refractivity contribution < 1.29 is 9.59 Å². The van der Waals surface area contributed by atoms with Crippen molar-refractivity contribution in [2.45, 2.75) is 94.8 Å². The lowest BCUT2D eigenvalue weighted by Gasteiger charge is -2.40. The molecule has 1 N–H and O–H groups in total. The van der Waals surface area contributed by atoms with Crippen LogP contribution in [0.3, 0.4) is 0 Å². The molecule has 1 aromatic heterocycles. The number of hydrogen-bond acceptors (Lipinski definition) is 4. The lowest BCUT2D eigenvalue weighted by Crippen LogP contribution is -2.47. The fourth-order valence-electron chi connectivity index (χ4n) is 8.11. The Morgan fingerprint density at radius 1 is 0.925 bits per heavy atom. The van der Waals surface area contributed by atoms with E-state index in [1.807, 2.05) is 4.90 Å². The SMILES string of the molecule is Cc1nc2ccccc2n1C1CC2CCC(C1)N2CCc1ccc(C2CCN(C(=O)[C@H]3CCC(=O)N3)CC2)cc1. The van der Waals surface area contributed by atoms with Gasteiger partial charge in [0, 0.05) is 44.2 Å². The molecule has 4 aliphatic heterocycles. The number of para-hydroxylation sites is 2. The molecule has 7 heteroatoms. The van der Waals surface area contributed by atoms with Gasteiger partial charge >= 0.3 is 0 Å². The van der Waals surface area contributed by atoms with Crippen LogP contribution >= 0.6 is 0 Å². The maximum atomic E-state index is 12.7. The lowest BCUT2D eigenvalue weighted by molar-refractivity contribution is -0.135. The standard InChI is InChI=1S/C33H41N5O2/c1-22-34-29-4-2-3-5-31(29)38(22)28-20-26-10-11-27(21-28)37(26)19-14-23-6-8-24(9-7-23)25-15-17-36(18-16-25)33(40)30-12-13-32(39)35-30/h2-9,25-28,30H,10-21H2,1H3,(H,35,39)/t26?,27?,28?,30-/m1/s1. The third-order valence-electron chi connectivity index (χ3n) is 10.2. The summed E-state index contributed by atoms with van der Waals surface area (Å²) in [5.74, 6) is 1.77. The quantitative estimate of drug-likeness (QED) is 0.491. The molecule has 0 aliphatic carbocycles. The summed E-state index contributed by atoms with van der Waals surface area (Å²) in [6.45, 7) is 4.87. The number of piperidine rings is 2. The smallest absolute Gasteiger partial charge is 0.245 e. The van der Waals surface area contributed by atoms with Crippen molar-refractivity contribution in [3.8, 4) is 0 Å². The maximum absolute atomic E-state index is 12.7. The summed E-state index contributed by atoms with van der Waals surface area (Å²) in [5.41, 5.74) is 5.23. The van der Waals surface area contributed by atoms with E-state index >= 15 is 0 Å². The second kappa shape index (κ2) is 10.7. The predicted octanol–water partition coefficient (Wildman–Crippen LogP) is 4.74. The van der Waals surface area contributed by atoms with Crippen molar-refractivity contribution in [2.75, 3.05) is 19.6 Å². The van der Waals surface area contributed by atoms with E-state index in [1.54, 1.807) is 0 Å². The number of benzene rings is 2. The summed E-state index contributed by atoms with van der Waals surface area (Å²) >= 11 is 0. The molecule has 4 saturated heterocycles. The molecule has 40 heavy (non-hydrogen) atoms. The fraction of sp³-hybridized carbons (Fsp3) is 0.545. The molecule has 7 nitrogen and oxygen atoms in total. The normalized spacial score (nSPS) is 27.4. The topological polar surface area (TPSA) is 70.5 Å². The summed E-state index contributed by atoms with van der Waals surface area (Å²) in [6.07, 6.45) is 9.30. The van der Waals surface area contributed by atoms with Crippen LogP contribution in [-0.4, -0.2) is 68.9 Å². The number of carbonyl (C=O) groups excluding carboxylic acids is 2. The van der Waals surface area contributed by atoms with Crippen molar-refractivity contribution in [2.24, 2.45) is 0 Å². The van der Waals surface area contributed by atoms with Crippen LogP contribution in [0, 0.1) is 6.92 Å². The highest BCUT2D eigenvalue weighted by Crippen LogP contribution is 2.42. The molecule has 5 heterocycles. The summed E-state index contributed by atoms with van der Waals surface area (Å²) in [6, 6.07) is 19.5. The zero-order valence-electron chi connectivity index (χ0n) is 23.6. The Bertz CT molecular complexity index is 1380. The average Bonchev–Trinajstić information content (AvgIpc) is 3.63. The number of hydrogen-bond donors (Lipinski definition) is 1. The van der Waals surface area contributed by atoms with Gasteiger partial charge < -0.3 is 14.8 Å². The zero-order valence-corrected chi connectivity index (χ0v) is 23.6. The number of aryl methyl sites for hydroxylation is 1. The van der Waals surface area contributed by atoms with E-state index < -0.39 is 0 Å². The molecule has 3 aromatic rings. The van der Waals surface area contributed by atoms with E-state index in [9.17, 15) is 9.59 Å². The summed E-state index contributed by atoms with van der Waals surface area (Å²) < 4.78 is 2.52. The van der Waals surface area contributed by atoms with E-state index in [1.165, 1.54) is 42.3 Å². The number of likely N-dealkylation sites (tertiary alicyclic amines) is 1. The van der Waals surface area contributed by atoms with Gasteiger partial charge in [0.05, 0.1) is 11.0 Å². The van der Waals surface area contributed by atoms with Gasteiger partial charge in [0.1, 0.15) is 11.9 Å². The number of amides is 2. The first kappa shape index (κ1) is 25.8. The van der Waals surface area contributed by atoms with E-state index in [0.29, 0.717) is 36.9 Å². The molecule has 2 aromatic carbocycles. The van der Waals surface area contributed by atoms with E-state index in [4.69, 9.17) is 4.98 Å². The van der Waals surface area contributed by atoms with Crippen LogP contribution in [0.15, 0.2) is 48.5 Å². The summed E-state index contributed by atoms with van der Waals surface area (Å²) in [5, 5.41) is 2.82. The highest BCUT2D eigenvalue weighted by molar-refractivity contribution is 5.90. The van der Waals surface area contributed by atoms with Gasteiger partial charge in [0.2, 0.25) is 11.8 Å². The van der Waals surface area contributed by atoms with E-state index in [-0.39, 0.29) is 17.9 Å². The van der Waals surface area contributed by atoms with Gasteiger partial charge in [-0.2, -0.15) is 0 Å². The Morgan fingerprint density at radius 2 is 1.65 bits per heavy atom. The fourth-order valence-corrected chi connectivity index (χ4v) is 8.11. The molecule has 2 bridgehead atoms. The van der Waals surface area contributed by atoms with Crippen molar-refractivity contribution >= 4 is 22.8 Å². The minimum atomic E-state index is -0.306. The maximum Gasteiger partial charge on any atom is 0.245 e. The lowest BCUT2D eigenvalue weighted by atomic mass is 9.88. The molecule has 7 rings (SSSR count). The van der Waals surface area contributed by atoms with Crippen LogP contribution in [0.4, 0.5) is 0 Å². The first-order chi connectivity index (χ1) is 19.5. The summed E-state index contributed by atoms with van der Waals surface area (Å²) in [7, 11) is 0. The van der Waals surface area contributed by atoms with Gasteiger partial charge in [-0.05, 0) is 87.5 Å². The first-order valence-electron chi connectivity index (χ1n) is 15.4. The average molecular weight is 540 g/mol. The minimum Gasteiger partial charge on any atom is -0.344 e. The van der Waals surface area contributed by atoms with E-state index in [2.05, 4.69) is 70.2 Å². The van der Waals surface area contributed by atoms with Gasteiger partial charge in [-0.1, -0.05) is 36.4 Å². The van der Waals surface area contributed by atoms with Gasteiger partial charge in [0.25, 0.3) is 0 Å². The molecule has 0 radical (unpaired) electrons. The number of aromatic nitrogens is 2. The third-order valence-corrected chi connectivity index (χ3v) is 10.2. The van der Waals surface area contributed by atoms with Crippen LogP contribution in [0.25, 0.3) is 11.0 Å². The molecule has 210 valence electrons. The van der Waals surface area contributed by atoms with Crippen molar-refractivity contribution in [3.05, 3.63) is 65.5 Å². The molecule has 3 atom stereocenters. The molecule has 0 spiro atoms. The molecule has 2 amide bonds. The van der Waals surface area contributed by atoms with Crippen LogP contribution in [0.2, 0.25) is 0 Å². The predicted molar refractivity (Wildman–Crippen MR) is 156 cm³/mol. The number of carbonyl (C=O) groups is 2. The molecule has 4 fully saturated rings. The molecule has 0 saturated carbocycles. The van der Waals surface area contributed by atoms with Crippen molar-refractivity contribution in [3.63, 3.8) is 0 Å². The van der Waals surface area contributed by atoms with Gasteiger partial charge in [-0.15, -0.1) is 0 Å². The largest absolute Gasteiger partial charge is 0.344 e. The van der Waals surface area contributed by atoms with Gasteiger partial charge in [-0.25, -0.2) is 4.98 Å². The minimum absolute atomic E-state index is 0.00348. The highest BCUT2D eigenvalue weighted by Gasteiger charge is 2.41. The molecular formula is C33H41N5O2. The van der Waals surface area contributed by atoms with Crippen LogP contribution in [0.1, 0.15) is 80.3 Å². The number of fused-ring (bicyclic) bond motifs is 3. The van der Waals surface area contributed by atoms with Crippen molar-refractivity contribution in [1.29, 1.82) is 0 Å². The number of nitrogens with zero attached hydrogens (tertiary/aromatic N) is 4. The van der Waals surface area contributed by atoms with Crippen molar-refractivity contribution in [1.82, 2.24) is 24.7 Å². The van der Waals surface area contributed by atoms with E-state index in [0.717, 1.165) is 50.2 Å². The third kappa shape index (κ3) is 4.83. The Balaban J connectivity index is 0.922. The van der Waals surface area contributed by atoms with Gasteiger partial charge in [0.15, 0.2) is 0 Å². The second-order valence-electron chi connectivity index (χ2n) is 12.5. The molecule has 2 unspecified atom stereocenters. The molecular weight excluding hydrogens is 498 g/mol. The number of imidazole rings is 1. The molecule has 4 aliphatic rings. The number of nitrogens with one attached hydrogen (secondary N) is 1. The van der Waals surface area contributed by atoms with Crippen LogP contribution in [0.5, 0.6) is 0 Å².